The number of carboxylic acid groups (broad SMARTS) is 1. The molecule has 1 aliphatic carbocycles. The molecule has 2 amide bonds. The first kappa shape index (κ1) is 27.3. The summed E-state index contributed by atoms with van der Waals surface area (Å²) in [5.74, 6) is -0.0882. The van der Waals surface area contributed by atoms with E-state index in [1.54, 1.807) is 16.0 Å². The Morgan fingerprint density at radius 1 is 1.00 bits per heavy atom. The van der Waals surface area contributed by atoms with Crippen LogP contribution in [0.1, 0.15) is 51.4 Å². The van der Waals surface area contributed by atoms with Gasteiger partial charge in [0.1, 0.15) is 5.82 Å². The molecule has 212 valence electrons. The van der Waals surface area contributed by atoms with Crippen molar-refractivity contribution in [2.24, 2.45) is 17.8 Å². The standard InChI is InChI=1S/C31H33N5O4S/c37-27-13-7-17-35(27)26-15-14-21(19-32-26)23-10-3-4-12-24(23)29-33-31(41-34-29)36-16-6-5-11-22(20-8-1-2-9-20)25(30(36)40)18-28(38)39/h3-6,10,12,14-15,19-20,22,25H,1-2,7-9,11,13,16-18H2,(H,38,39). The molecule has 4 heterocycles. The molecule has 2 unspecified atom stereocenters. The number of carbonyl (C=O) groups is 3. The molecule has 3 aliphatic rings. The Bertz CT molecular complexity index is 1460. The predicted molar refractivity (Wildman–Crippen MR) is 157 cm³/mol. The molecule has 9 nitrogen and oxygen atoms in total. The zero-order chi connectivity index (χ0) is 28.3. The average molecular weight is 572 g/mol. The van der Waals surface area contributed by atoms with Gasteiger partial charge >= 0.3 is 5.97 Å². The average Bonchev–Trinajstić information content (AvgIpc) is 3.76. The molecule has 41 heavy (non-hydrogen) atoms. The second-order valence-electron chi connectivity index (χ2n) is 11.1. The lowest BCUT2D eigenvalue weighted by molar-refractivity contribution is -0.142. The molecule has 1 N–H and O–H groups in total. The van der Waals surface area contributed by atoms with Gasteiger partial charge in [-0.15, -0.1) is 0 Å². The number of benzene rings is 1. The van der Waals surface area contributed by atoms with E-state index in [1.807, 2.05) is 42.5 Å². The fourth-order valence-corrected chi connectivity index (χ4v) is 7.23. The number of amides is 2. The minimum atomic E-state index is -0.948. The Kier molecular flexibility index (Phi) is 7.91. The van der Waals surface area contributed by atoms with Gasteiger partial charge in [-0.3, -0.25) is 24.2 Å². The van der Waals surface area contributed by atoms with E-state index in [9.17, 15) is 19.5 Å². The Hall–Kier alpha value is -3.92. The molecule has 2 aromatic heterocycles. The van der Waals surface area contributed by atoms with E-state index < -0.39 is 11.9 Å². The largest absolute Gasteiger partial charge is 0.481 e. The van der Waals surface area contributed by atoms with Crippen LogP contribution in [-0.2, 0) is 14.4 Å². The normalized spacial score (nSPS) is 21.9. The second-order valence-corrected chi connectivity index (χ2v) is 11.8. The maximum atomic E-state index is 13.9. The van der Waals surface area contributed by atoms with E-state index in [1.165, 1.54) is 0 Å². The minimum Gasteiger partial charge on any atom is -0.481 e. The van der Waals surface area contributed by atoms with Gasteiger partial charge in [0.2, 0.25) is 16.9 Å². The van der Waals surface area contributed by atoms with E-state index in [2.05, 4.69) is 15.4 Å². The third-order valence-corrected chi connectivity index (χ3v) is 9.33. The van der Waals surface area contributed by atoms with Crippen LogP contribution in [0.4, 0.5) is 10.9 Å². The third kappa shape index (κ3) is 5.66. The van der Waals surface area contributed by atoms with E-state index in [4.69, 9.17) is 4.98 Å². The van der Waals surface area contributed by atoms with Crippen LogP contribution in [-0.4, -0.2) is 50.3 Å². The zero-order valence-electron chi connectivity index (χ0n) is 22.8. The highest BCUT2D eigenvalue weighted by Gasteiger charge is 2.40. The summed E-state index contributed by atoms with van der Waals surface area (Å²) in [6, 6.07) is 11.6. The first-order chi connectivity index (χ1) is 20.0. The molecule has 2 fully saturated rings. The Morgan fingerprint density at radius 3 is 2.51 bits per heavy atom. The number of hydrogen-bond acceptors (Lipinski definition) is 7. The number of carboxylic acids is 1. The lowest BCUT2D eigenvalue weighted by atomic mass is 9.75. The molecular weight excluding hydrogens is 538 g/mol. The van der Waals surface area contributed by atoms with Crippen molar-refractivity contribution in [3.63, 3.8) is 0 Å². The highest BCUT2D eigenvalue weighted by Crippen LogP contribution is 2.41. The quantitative estimate of drug-likeness (QED) is 0.368. The molecule has 1 saturated carbocycles. The molecule has 2 aliphatic heterocycles. The van der Waals surface area contributed by atoms with Crippen molar-refractivity contribution in [2.45, 2.75) is 51.4 Å². The van der Waals surface area contributed by atoms with Crippen molar-refractivity contribution < 1.29 is 19.5 Å². The van der Waals surface area contributed by atoms with Gasteiger partial charge in [-0.1, -0.05) is 62.1 Å². The van der Waals surface area contributed by atoms with Crippen LogP contribution in [0.25, 0.3) is 22.5 Å². The number of pyridine rings is 1. The molecule has 0 radical (unpaired) electrons. The number of aliphatic carboxylic acids is 1. The van der Waals surface area contributed by atoms with E-state index in [0.717, 1.165) is 66.7 Å². The van der Waals surface area contributed by atoms with Gasteiger partial charge in [-0.25, -0.2) is 4.98 Å². The highest BCUT2D eigenvalue weighted by molar-refractivity contribution is 7.10. The van der Waals surface area contributed by atoms with E-state index in [0.29, 0.717) is 42.2 Å². The lowest BCUT2D eigenvalue weighted by Gasteiger charge is -2.34. The van der Waals surface area contributed by atoms with Crippen LogP contribution in [0.15, 0.2) is 54.7 Å². The molecular formula is C31H33N5O4S. The molecule has 3 aromatic rings. The molecule has 1 aromatic carbocycles. The van der Waals surface area contributed by atoms with Gasteiger partial charge in [0.05, 0.1) is 12.3 Å². The molecule has 1 saturated heterocycles. The van der Waals surface area contributed by atoms with Crippen molar-refractivity contribution in [1.29, 1.82) is 0 Å². The first-order valence-corrected chi connectivity index (χ1v) is 15.1. The number of allylic oxidation sites excluding steroid dienone is 1. The fraction of sp³-hybridized carbons (Fsp3) is 0.419. The van der Waals surface area contributed by atoms with Gasteiger partial charge in [0.15, 0.2) is 5.82 Å². The minimum absolute atomic E-state index is 0.0135. The van der Waals surface area contributed by atoms with Crippen molar-refractivity contribution in [2.75, 3.05) is 22.9 Å². The number of nitrogens with zero attached hydrogens (tertiary/aromatic N) is 5. The molecule has 6 rings (SSSR count). The maximum absolute atomic E-state index is 13.9. The van der Waals surface area contributed by atoms with Gasteiger partial charge < -0.3 is 5.11 Å². The maximum Gasteiger partial charge on any atom is 0.304 e. The van der Waals surface area contributed by atoms with Crippen LogP contribution in [0.3, 0.4) is 0 Å². The summed E-state index contributed by atoms with van der Waals surface area (Å²) in [7, 11) is 0. The number of aromatic nitrogens is 3. The summed E-state index contributed by atoms with van der Waals surface area (Å²) in [5, 5.41) is 10.2. The smallest absolute Gasteiger partial charge is 0.304 e. The van der Waals surface area contributed by atoms with Crippen molar-refractivity contribution in [1.82, 2.24) is 14.3 Å². The summed E-state index contributed by atoms with van der Waals surface area (Å²) in [4.78, 5) is 50.6. The Balaban J connectivity index is 1.28. The van der Waals surface area contributed by atoms with Gasteiger partial charge in [0, 0.05) is 48.4 Å². The number of carbonyl (C=O) groups excluding carboxylic acids is 2. The van der Waals surface area contributed by atoms with E-state index >= 15 is 0 Å². The SMILES string of the molecule is O=C(O)CC1C(=O)N(c2nc(-c3ccccc3-c3ccc(N4CCCC4=O)nc3)ns2)CC=CCC1C1CCCC1. The summed E-state index contributed by atoms with van der Waals surface area (Å²) in [6.45, 7) is 1.02. The Morgan fingerprint density at radius 2 is 1.80 bits per heavy atom. The first-order valence-electron chi connectivity index (χ1n) is 14.4. The number of anilines is 2. The number of rotatable bonds is 7. The molecule has 0 spiro atoms. The molecule has 0 bridgehead atoms. The summed E-state index contributed by atoms with van der Waals surface area (Å²) >= 11 is 1.15. The van der Waals surface area contributed by atoms with Crippen LogP contribution >= 0.6 is 11.5 Å². The van der Waals surface area contributed by atoms with Crippen molar-refractivity contribution in [3.05, 3.63) is 54.7 Å². The molecule has 10 heteroatoms. The third-order valence-electron chi connectivity index (χ3n) is 8.59. The molecule has 2 atom stereocenters. The van der Waals surface area contributed by atoms with Gasteiger partial charge in [0.25, 0.3) is 0 Å². The van der Waals surface area contributed by atoms with Gasteiger partial charge in [-0.05, 0) is 42.4 Å². The topological polar surface area (TPSA) is 117 Å². The zero-order valence-corrected chi connectivity index (χ0v) is 23.6. The summed E-state index contributed by atoms with van der Waals surface area (Å²) in [6.07, 6.45) is 12.2. The van der Waals surface area contributed by atoms with Crippen LogP contribution < -0.4 is 9.80 Å². The van der Waals surface area contributed by atoms with Crippen LogP contribution in [0, 0.1) is 17.8 Å². The van der Waals surface area contributed by atoms with Gasteiger partial charge in [-0.2, -0.15) is 9.36 Å². The van der Waals surface area contributed by atoms with E-state index in [-0.39, 0.29) is 24.2 Å². The fourth-order valence-electron chi connectivity index (χ4n) is 6.54. The lowest BCUT2D eigenvalue weighted by Crippen LogP contribution is -2.43. The van der Waals surface area contributed by atoms with Crippen molar-refractivity contribution in [3.8, 4) is 22.5 Å². The van der Waals surface area contributed by atoms with Crippen LogP contribution in [0.5, 0.6) is 0 Å². The summed E-state index contributed by atoms with van der Waals surface area (Å²) in [5.41, 5.74) is 2.58. The monoisotopic (exact) mass is 571 g/mol. The Labute approximate surface area is 243 Å². The second kappa shape index (κ2) is 11.9. The van der Waals surface area contributed by atoms with Crippen molar-refractivity contribution >= 4 is 40.3 Å². The predicted octanol–water partition coefficient (Wildman–Crippen LogP) is 5.58. The summed E-state index contributed by atoms with van der Waals surface area (Å²) < 4.78 is 4.63. The highest BCUT2D eigenvalue weighted by atomic mass is 32.1. The number of hydrogen-bond donors (Lipinski definition) is 1. The van der Waals surface area contributed by atoms with Crippen LogP contribution in [0.2, 0.25) is 0 Å².